The molecule has 3 atom stereocenters. The molecule has 0 aliphatic rings. The van der Waals surface area contributed by atoms with Crippen LogP contribution in [0.15, 0.2) is 43.0 Å². The molecule has 1 aromatic rings. The maximum absolute atomic E-state index is 12.8. The van der Waals surface area contributed by atoms with Gasteiger partial charge in [0.25, 0.3) is 0 Å². The van der Waals surface area contributed by atoms with Crippen molar-refractivity contribution < 1.29 is 19.1 Å². The van der Waals surface area contributed by atoms with Gasteiger partial charge in [-0.1, -0.05) is 252 Å². The molecule has 0 aliphatic heterocycles. The first-order valence-corrected chi connectivity index (χ1v) is 32.8. The average Bonchev–Trinajstić information content (AvgIpc) is 3.93. The van der Waals surface area contributed by atoms with Crippen molar-refractivity contribution in [2.45, 2.75) is 336 Å². The molecule has 0 saturated carbocycles. The van der Waals surface area contributed by atoms with E-state index in [1.165, 1.54) is 225 Å². The van der Waals surface area contributed by atoms with Crippen molar-refractivity contribution in [1.82, 2.24) is 14.5 Å². The number of unbranched alkanes of at least 4 members (excludes halogenated alkanes) is 30. The number of imidazole rings is 1. The fourth-order valence-electron chi connectivity index (χ4n) is 10.6. The number of carbonyl (C=O) groups is 2. The van der Waals surface area contributed by atoms with Crippen LogP contribution in [0.3, 0.4) is 0 Å². The fourth-order valence-corrected chi connectivity index (χ4v) is 10.6. The summed E-state index contributed by atoms with van der Waals surface area (Å²) in [4.78, 5) is 32.7. The first-order valence-electron chi connectivity index (χ1n) is 32.8. The van der Waals surface area contributed by atoms with Gasteiger partial charge >= 0.3 is 11.9 Å². The quantitative estimate of drug-likeness (QED) is 0.0368. The third kappa shape index (κ3) is 45.8. The second kappa shape index (κ2) is 55.3. The normalized spacial score (nSPS) is 13.2. The van der Waals surface area contributed by atoms with Crippen LogP contribution in [0.2, 0.25) is 0 Å². The van der Waals surface area contributed by atoms with Crippen molar-refractivity contribution in [3.8, 4) is 0 Å². The molecule has 1 aromatic heterocycles. The van der Waals surface area contributed by atoms with Gasteiger partial charge in [0.1, 0.15) is 0 Å². The molecule has 432 valence electrons. The predicted octanol–water partition coefficient (Wildman–Crippen LogP) is 20.6. The van der Waals surface area contributed by atoms with E-state index in [0.29, 0.717) is 43.9 Å². The molecule has 0 aromatic carbocycles. The fraction of sp³-hybridized carbons (Fsp3) is 0.866. The second-order valence-corrected chi connectivity index (χ2v) is 22.8. The van der Waals surface area contributed by atoms with Gasteiger partial charge < -0.3 is 14.0 Å². The summed E-state index contributed by atoms with van der Waals surface area (Å²) in [6, 6.07) is 0.468. The van der Waals surface area contributed by atoms with E-state index in [1.807, 2.05) is 12.5 Å². The van der Waals surface area contributed by atoms with Crippen LogP contribution in [-0.4, -0.2) is 58.7 Å². The Morgan fingerprint density at radius 1 is 0.459 bits per heavy atom. The molecule has 0 saturated heterocycles. The smallest absolute Gasteiger partial charge is 0.305 e. The maximum atomic E-state index is 12.8. The van der Waals surface area contributed by atoms with Gasteiger partial charge in [-0.25, -0.2) is 4.98 Å². The number of allylic oxidation sites excluding steroid dienone is 3. The number of esters is 2. The summed E-state index contributed by atoms with van der Waals surface area (Å²) in [7, 11) is 0. The minimum atomic E-state index is -0.00602. The maximum Gasteiger partial charge on any atom is 0.305 e. The van der Waals surface area contributed by atoms with Crippen molar-refractivity contribution in [2.24, 2.45) is 11.8 Å². The number of ether oxygens (including phenoxy) is 2. The number of carbonyl (C=O) groups excluding carboxylic acids is 2. The zero-order chi connectivity index (χ0) is 53.5. The topological polar surface area (TPSA) is 73.7 Å². The van der Waals surface area contributed by atoms with Crippen LogP contribution in [0, 0.1) is 11.8 Å². The molecule has 3 unspecified atom stereocenters. The first-order chi connectivity index (χ1) is 36.5. The largest absolute Gasteiger partial charge is 0.465 e. The van der Waals surface area contributed by atoms with Crippen LogP contribution in [-0.2, 0) is 25.6 Å². The Bertz CT molecular complexity index is 1360. The molecule has 7 nitrogen and oxygen atoms in total. The highest BCUT2D eigenvalue weighted by Gasteiger charge is 2.17. The predicted molar refractivity (Wildman–Crippen MR) is 321 cm³/mol. The number of rotatable bonds is 58. The SMILES string of the molecule is CCCCC/C=C/CC(CCCCCC)COC(=O)CCCCCC/C=C/C(CCCCCCCCC(=O)OCC(CCCCCC)CCCCCCCC)N(CCCCCCCCCC)CCCn1ccnc1. The lowest BCUT2D eigenvalue weighted by molar-refractivity contribution is -0.146. The van der Waals surface area contributed by atoms with Crippen LogP contribution in [0.1, 0.15) is 324 Å². The molecule has 7 heteroatoms. The molecule has 0 fully saturated rings. The Balaban J connectivity index is 2.68. The van der Waals surface area contributed by atoms with Crippen molar-refractivity contribution in [2.75, 3.05) is 26.3 Å². The molecular formula is C67H125N3O4. The van der Waals surface area contributed by atoms with E-state index in [2.05, 4.69) is 79.6 Å². The molecule has 1 heterocycles. The van der Waals surface area contributed by atoms with E-state index in [0.717, 1.165) is 70.9 Å². The summed E-state index contributed by atoms with van der Waals surface area (Å²) in [6.45, 7) is 15.9. The van der Waals surface area contributed by atoms with E-state index in [1.54, 1.807) is 0 Å². The van der Waals surface area contributed by atoms with Gasteiger partial charge in [0.2, 0.25) is 0 Å². The Labute approximate surface area is 460 Å². The number of nitrogens with zero attached hydrogens (tertiary/aromatic N) is 3. The monoisotopic (exact) mass is 1040 g/mol. The minimum absolute atomic E-state index is 0.00602. The Morgan fingerprint density at radius 2 is 0.878 bits per heavy atom. The zero-order valence-corrected chi connectivity index (χ0v) is 50.1. The van der Waals surface area contributed by atoms with Crippen LogP contribution in [0.25, 0.3) is 0 Å². The molecule has 0 radical (unpaired) electrons. The standard InChI is InChI=1S/C67H125N3O4/c1-6-11-16-21-24-29-36-45-57-70(58-46-56-69-59-55-68-62-69)65(51-41-32-25-27-34-43-53-66(71)73-60-63(47-37-19-14-9-4)49-39-30-22-17-12-7-2)52-42-33-26-28-35-44-54-67(72)74-61-64(48-38-20-15-10-5)50-40-31-23-18-13-8-3/h30,39,41,51,55,59,62-65H,6-29,31-38,40,42-50,52-54,56-58,60-61H2,1-5H3/b39-30+,51-41+. The van der Waals surface area contributed by atoms with E-state index in [9.17, 15) is 9.59 Å². The molecular weight excluding hydrogens is 911 g/mol. The van der Waals surface area contributed by atoms with Gasteiger partial charge in [-0.05, 0) is 102 Å². The summed E-state index contributed by atoms with van der Waals surface area (Å²) >= 11 is 0. The summed E-state index contributed by atoms with van der Waals surface area (Å²) in [5, 5.41) is 0. The van der Waals surface area contributed by atoms with Gasteiger partial charge in [-0.2, -0.15) is 0 Å². The number of aryl methyl sites for hydroxylation is 1. The van der Waals surface area contributed by atoms with Gasteiger partial charge in [0, 0.05) is 44.4 Å². The lowest BCUT2D eigenvalue weighted by Crippen LogP contribution is -2.36. The highest BCUT2D eigenvalue weighted by molar-refractivity contribution is 5.69. The molecule has 0 N–H and O–H groups in total. The average molecular weight is 1040 g/mol. The zero-order valence-electron chi connectivity index (χ0n) is 50.1. The lowest BCUT2D eigenvalue weighted by Gasteiger charge is -2.30. The van der Waals surface area contributed by atoms with E-state index >= 15 is 0 Å². The van der Waals surface area contributed by atoms with Crippen LogP contribution >= 0.6 is 0 Å². The Kier molecular flexibility index (Phi) is 52.1. The van der Waals surface area contributed by atoms with E-state index in [-0.39, 0.29) is 11.9 Å². The lowest BCUT2D eigenvalue weighted by atomic mass is 9.95. The molecule has 0 spiro atoms. The van der Waals surface area contributed by atoms with Crippen molar-refractivity contribution in [3.63, 3.8) is 0 Å². The van der Waals surface area contributed by atoms with Gasteiger partial charge in [-0.3, -0.25) is 14.5 Å². The van der Waals surface area contributed by atoms with Crippen molar-refractivity contribution in [1.29, 1.82) is 0 Å². The van der Waals surface area contributed by atoms with Gasteiger partial charge in [-0.15, -0.1) is 0 Å². The number of aromatic nitrogens is 2. The van der Waals surface area contributed by atoms with Crippen LogP contribution in [0.4, 0.5) is 0 Å². The van der Waals surface area contributed by atoms with Crippen LogP contribution < -0.4 is 0 Å². The summed E-state index contributed by atoms with van der Waals surface area (Å²) in [5.74, 6) is 0.999. The first kappa shape index (κ1) is 69.6. The highest BCUT2D eigenvalue weighted by Crippen LogP contribution is 2.22. The van der Waals surface area contributed by atoms with E-state index < -0.39 is 0 Å². The summed E-state index contributed by atoms with van der Waals surface area (Å²) in [6.07, 6.45) is 70.2. The number of hydrogen-bond acceptors (Lipinski definition) is 6. The van der Waals surface area contributed by atoms with Crippen LogP contribution in [0.5, 0.6) is 0 Å². The van der Waals surface area contributed by atoms with Crippen molar-refractivity contribution in [3.05, 3.63) is 43.0 Å². The minimum Gasteiger partial charge on any atom is -0.465 e. The Hall–Kier alpha value is -2.41. The summed E-state index contributed by atoms with van der Waals surface area (Å²) in [5.41, 5.74) is 0. The Morgan fingerprint density at radius 3 is 1.43 bits per heavy atom. The highest BCUT2D eigenvalue weighted by atomic mass is 16.5. The molecule has 0 aliphatic carbocycles. The third-order valence-electron chi connectivity index (χ3n) is 15.6. The van der Waals surface area contributed by atoms with Gasteiger partial charge in [0.05, 0.1) is 19.5 Å². The second-order valence-electron chi connectivity index (χ2n) is 22.8. The number of hydrogen-bond donors (Lipinski definition) is 0. The van der Waals surface area contributed by atoms with E-state index in [4.69, 9.17) is 9.47 Å². The van der Waals surface area contributed by atoms with Gasteiger partial charge in [0.15, 0.2) is 0 Å². The molecule has 1 rings (SSSR count). The third-order valence-corrected chi connectivity index (χ3v) is 15.6. The molecule has 0 amide bonds. The van der Waals surface area contributed by atoms with Crippen molar-refractivity contribution >= 4 is 11.9 Å². The molecule has 74 heavy (non-hydrogen) atoms. The summed E-state index contributed by atoms with van der Waals surface area (Å²) < 4.78 is 14.0. The molecule has 0 bridgehead atoms.